The number of hydrogen-bond donors (Lipinski definition) is 1. The molecule has 0 atom stereocenters. The van der Waals surface area contributed by atoms with Gasteiger partial charge in [0.25, 0.3) is 0 Å². The molecule has 0 spiro atoms. The van der Waals surface area contributed by atoms with Gasteiger partial charge in [-0.2, -0.15) is 0 Å². The molecule has 0 aliphatic rings. The Bertz CT molecular complexity index is 3760. The van der Waals surface area contributed by atoms with Crippen LogP contribution in [-0.2, 0) is 10.8 Å². The van der Waals surface area contributed by atoms with Gasteiger partial charge in [-0.05, 0) is 157 Å². The molecule has 2 heterocycles. The second-order valence-corrected chi connectivity index (χ2v) is 21.2. The van der Waals surface area contributed by atoms with E-state index in [-0.39, 0.29) is 16.7 Å². The molecule has 4 nitrogen and oxygen atoms in total. The fraction of sp³-hybridized carbons (Fsp3) is 0.194. The average Bonchev–Trinajstić information content (AvgIpc) is 3.78. The number of nitrogens with zero attached hydrogens (tertiary/aromatic N) is 3. The summed E-state index contributed by atoms with van der Waals surface area (Å²) in [5.74, 6) is -0.182. The van der Waals surface area contributed by atoms with Gasteiger partial charge in [0, 0.05) is 28.4 Å². The third kappa shape index (κ3) is 9.12. The number of phenols is 1. The number of pyridine rings is 1. The molecule has 0 unspecified atom stereocenters. The number of imidazole rings is 1. The third-order valence-electron chi connectivity index (χ3n) is 13.7. The maximum absolute atomic E-state index is 12.5. The van der Waals surface area contributed by atoms with E-state index >= 15 is 0 Å². The van der Waals surface area contributed by atoms with Crippen molar-refractivity contribution in [3.63, 3.8) is 0 Å². The van der Waals surface area contributed by atoms with Gasteiger partial charge in [0.15, 0.2) is 0 Å². The van der Waals surface area contributed by atoms with E-state index in [1.165, 1.54) is 0 Å². The van der Waals surface area contributed by atoms with E-state index in [1.807, 2.05) is 129 Å². The molecule has 2 aromatic heterocycles. The molecular weight excluding hydrogens is 863 g/mol. The Morgan fingerprint density at radius 2 is 1.17 bits per heavy atom. The molecule has 352 valence electrons. The van der Waals surface area contributed by atoms with Crippen molar-refractivity contribution in [2.75, 3.05) is 0 Å². The van der Waals surface area contributed by atoms with E-state index in [2.05, 4.69) is 126 Å². The van der Waals surface area contributed by atoms with Crippen molar-refractivity contribution in [1.82, 2.24) is 14.5 Å². The third-order valence-corrected chi connectivity index (χ3v) is 13.7. The highest BCUT2D eigenvalue weighted by molar-refractivity contribution is 5.98. The van der Waals surface area contributed by atoms with Crippen LogP contribution in [-0.4, -0.2) is 19.6 Å². The van der Waals surface area contributed by atoms with Crippen LogP contribution in [0, 0.1) is 13.8 Å². The van der Waals surface area contributed by atoms with E-state index in [0.29, 0.717) is 28.1 Å². The lowest BCUT2D eigenvalue weighted by atomic mass is 9.78. The van der Waals surface area contributed by atoms with Gasteiger partial charge < -0.3 is 5.11 Å². The minimum Gasteiger partial charge on any atom is -0.507 e. The zero-order chi connectivity index (χ0) is 53.2. The molecule has 0 fully saturated rings. The number of aromatic hydroxyl groups is 1. The summed E-state index contributed by atoms with van der Waals surface area (Å²) in [5.41, 5.74) is 16.8. The largest absolute Gasteiger partial charge is 0.507 e. The number of benzene rings is 8. The molecule has 10 aromatic rings. The molecule has 0 radical (unpaired) electrons. The first-order valence-electron chi connectivity index (χ1n) is 26.5. The first-order chi connectivity index (χ1) is 35.5. The van der Waals surface area contributed by atoms with Crippen LogP contribution in [0.1, 0.15) is 94.6 Å². The quantitative estimate of drug-likeness (QED) is 0.157. The Labute approximate surface area is 426 Å². The molecule has 0 amide bonds. The van der Waals surface area contributed by atoms with Crippen molar-refractivity contribution in [2.24, 2.45) is 0 Å². The molecule has 8 aromatic carbocycles. The van der Waals surface area contributed by atoms with Crippen molar-refractivity contribution >= 4 is 11.0 Å². The molecular formula is C67H63N3O. The van der Waals surface area contributed by atoms with Crippen LogP contribution in [0.25, 0.3) is 95.0 Å². The molecule has 10 rings (SSSR count). The summed E-state index contributed by atoms with van der Waals surface area (Å²) in [6, 6.07) is 61.5. The standard InChI is InChI=1S/C67H63N3O/c1-42(2)45-27-29-47(30-28-45)49-33-34-68-59(41-49)53-39-51(46-19-13-11-14-20-46)38-52(40-53)55-24-18-26-61-63(55)69-65(56-35-43(3)36-58(64(56)71)67(8,9)10)70(61)60-32-31-50(37-44(60)4)62-54(48-21-15-12-16-22-48)23-17-25-57(62)66(5,6)7/h11-42,71H,1-10H3/i4D3,42D. The van der Waals surface area contributed by atoms with Crippen molar-refractivity contribution < 1.29 is 10.6 Å². The maximum atomic E-state index is 12.5. The van der Waals surface area contributed by atoms with Crippen molar-refractivity contribution in [1.29, 1.82) is 0 Å². The number of aryl methyl sites for hydroxylation is 2. The lowest BCUT2D eigenvalue weighted by Crippen LogP contribution is -2.13. The van der Waals surface area contributed by atoms with Crippen LogP contribution in [0.15, 0.2) is 188 Å². The number of rotatable bonds is 9. The van der Waals surface area contributed by atoms with Gasteiger partial charge in [0.2, 0.25) is 0 Å². The van der Waals surface area contributed by atoms with Gasteiger partial charge in [-0.15, -0.1) is 0 Å². The Morgan fingerprint density at radius 3 is 1.86 bits per heavy atom. The number of hydrogen-bond acceptors (Lipinski definition) is 3. The number of aromatic nitrogens is 3. The molecule has 0 saturated heterocycles. The highest BCUT2D eigenvalue weighted by Crippen LogP contribution is 2.46. The fourth-order valence-corrected chi connectivity index (χ4v) is 10.0. The van der Waals surface area contributed by atoms with Crippen LogP contribution >= 0.6 is 0 Å². The fourth-order valence-electron chi connectivity index (χ4n) is 10.0. The SMILES string of the molecule is [2H]C([2H])([2H])c1cc(-c2c(-c3ccccc3)cccc2C(C)(C)C)ccc1-n1c(-c2cc(C)cc(C(C)(C)C)c2O)nc2c(-c3cc(-c4ccccc4)cc(-c4cc(-c5ccc(C([2H])(C)C)cc5)ccn4)c3)cccc21. The van der Waals surface area contributed by atoms with Crippen LogP contribution < -0.4 is 0 Å². The topological polar surface area (TPSA) is 50.9 Å². The Kier molecular flexibility index (Phi) is 11.0. The second-order valence-electron chi connectivity index (χ2n) is 21.2. The number of para-hydroxylation sites is 1. The second kappa shape index (κ2) is 18.5. The summed E-state index contributed by atoms with van der Waals surface area (Å²) in [6.45, 7) is 16.0. The zero-order valence-electron chi connectivity index (χ0n) is 46.2. The molecule has 0 aliphatic heterocycles. The monoisotopic (exact) mass is 930 g/mol. The van der Waals surface area contributed by atoms with Crippen molar-refractivity contribution in [3.8, 4) is 89.7 Å². The minimum absolute atomic E-state index is 0.0993. The Hall–Kier alpha value is -7.82. The van der Waals surface area contributed by atoms with Crippen LogP contribution in [0.5, 0.6) is 5.75 Å². The average molecular weight is 930 g/mol. The number of fused-ring (bicyclic) bond motifs is 1. The predicted octanol–water partition coefficient (Wildman–Crippen LogP) is 18.1. The lowest BCUT2D eigenvalue weighted by molar-refractivity contribution is 0.448. The van der Waals surface area contributed by atoms with Gasteiger partial charge in [-0.25, -0.2) is 4.98 Å². The predicted molar refractivity (Wildman–Crippen MR) is 300 cm³/mol. The summed E-state index contributed by atoms with van der Waals surface area (Å²) >= 11 is 0. The summed E-state index contributed by atoms with van der Waals surface area (Å²) in [7, 11) is 0. The van der Waals surface area contributed by atoms with Crippen molar-refractivity contribution in [2.45, 2.75) is 85.9 Å². The zero-order valence-corrected chi connectivity index (χ0v) is 42.2. The summed E-state index contributed by atoms with van der Waals surface area (Å²) < 4.78 is 38.3. The molecule has 1 N–H and O–H groups in total. The summed E-state index contributed by atoms with van der Waals surface area (Å²) in [6.07, 6.45) is 1.84. The summed E-state index contributed by atoms with van der Waals surface area (Å²) in [5, 5.41) is 12.5. The Morgan fingerprint density at radius 1 is 0.535 bits per heavy atom. The maximum Gasteiger partial charge on any atom is 0.149 e. The Balaban J connectivity index is 1.24. The highest BCUT2D eigenvalue weighted by Gasteiger charge is 2.28. The van der Waals surface area contributed by atoms with Crippen LogP contribution in [0.2, 0.25) is 0 Å². The summed E-state index contributed by atoms with van der Waals surface area (Å²) in [4.78, 5) is 10.5. The molecule has 0 aliphatic carbocycles. The molecule has 0 bridgehead atoms. The van der Waals surface area contributed by atoms with E-state index in [0.717, 1.165) is 89.1 Å². The first kappa shape index (κ1) is 42.1. The smallest absolute Gasteiger partial charge is 0.149 e. The first-order valence-corrected chi connectivity index (χ1v) is 24.5. The van der Waals surface area contributed by atoms with E-state index < -0.39 is 18.2 Å². The van der Waals surface area contributed by atoms with Crippen LogP contribution in [0.4, 0.5) is 0 Å². The molecule has 0 saturated carbocycles. The lowest BCUT2D eigenvalue weighted by Gasteiger charge is -2.26. The van der Waals surface area contributed by atoms with Gasteiger partial charge in [-0.1, -0.05) is 183 Å². The number of phenolic OH excluding ortho intramolecular Hbond substituents is 1. The van der Waals surface area contributed by atoms with E-state index in [1.54, 1.807) is 0 Å². The molecule has 71 heavy (non-hydrogen) atoms. The molecule has 4 heteroatoms. The van der Waals surface area contributed by atoms with Gasteiger partial charge >= 0.3 is 0 Å². The highest BCUT2D eigenvalue weighted by atomic mass is 16.3. The normalized spacial score (nSPS) is 13.1. The van der Waals surface area contributed by atoms with Crippen LogP contribution in [0.3, 0.4) is 0 Å². The van der Waals surface area contributed by atoms with E-state index in [9.17, 15) is 9.22 Å². The van der Waals surface area contributed by atoms with Gasteiger partial charge in [-0.3, -0.25) is 9.55 Å². The van der Waals surface area contributed by atoms with Gasteiger partial charge in [0.05, 0.1) is 28.0 Å². The van der Waals surface area contributed by atoms with Gasteiger partial charge in [0.1, 0.15) is 11.6 Å². The minimum atomic E-state index is -2.56. The van der Waals surface area contributed by atoms with E-state index in [4.69, 9.17) is 11.3 Å². The van der Waals surface area contributed by atoms with Crippen molar-refractivity contribution in [3.05, 3.63) is 216 Å².